The van der Waals surface area contributed by atoms with E-state index in [1.54, 1.807) is 0 Å². The van der Waals surface area contributed by atoms with Crippen molar-refractivity contribution < 1.29 is 5.11 Å². The van der Waals surface area contributed by atoms with Gasteiger partial charge in [0.25, 0.3) is 0 Å². The Hall–Kier alpha value is -0.820. The van der Waals surface area contributed by atoms with Crippen molar-refractivity contribution in [2.75, 3.05) is 0 Å². The lowest BCUT2D eigenvalue weighted by molar-refractivity contribution is 0.139. The largest absolute Gasteiger partial charge is 0.388 e. The molecular weight excluding hydrogens is 232 g/mol. The van der Waals surface area contributed by atoms with Gasteiger partial charge in [-0.05, 0) is 29.4 Å². The van der Waals surface area contributed by atoms with Gasteiger partial charge in [0, 0.05) is 0 Å². The predicted octanol–water partition coefficient (Wildman–Crippen LogP) is 5.20. The number of benzene rings is 1. The molecule has 1 aliphatic rings. The van der Waals surface area contributed by atoms with Gasteiger partial charge in [-0.25, -0.2) is 0 Å². The molecule has 1 fully saturated rings. The number of rotatable bonds is 4. The first-order valence-electron chi connectivity index (χ1n) is 7.94. The van der Waals surface area contributed by atoms with Crippen LogP contribution < -0.4 is 0 Å². The first-order valence-corrected chi connectivity index (χ1v) is 7.94. The molecule has 1 unspecified atom stereocenters. The second-order valence-corrected chi connectivity index (χ2v) is 6.43. The van der Waals surface area contributed by atoms with Crippen LogP contribution >= 0.6 is 0 Å². The lowest BCUT2D eigenvalue weighted by Crippen LogP contribution is -2.07. The van der Waals surface area contributed by atoms with E-state index < -0.39 is 0 Å². The topological polar surface area (TPSA) is 20.2 Å². The fourth-order valence-corrected chi connectivity index (χ4v) is 3.15. The zero-order valence-electron chi connectivity index (χ0n) is 12.4. The van der Waals surface area contributed by atoms with Crippen LogP contribution in [-0.4, -0.2) is 5.11 Å². The monoisotopic (exact) mass is 260 g/mol. The molecule has 0 aliphatic heterocycles. The van der Waals surface area contributed by atoms with Crippen LogP contribution in [0.25, 0.3) is 0 Å². The maximum absolute atomic E-state index is 10.4. The van der Waals surface area contributed by atoms with E-state index in [1.165, 1.54) is 44.1 Å². The van der Waals surface area contributed by atoms with E-state index in [-0.39, 0.29) is 6.10 Å². The molecule has 1 atom stereocenters. The quantitative estimate of drug-likeness (QED) is 0.737. The van der Waals surface area contributed by atoms with E-state index >= 15 is 0 Å². The van der Waals surface area contributed by atoms with Gasteiger partial charge >= 0.3 is 0 Å². The molecule has 1 nitrogen and oxygen atoms in total. The van der Waals surface area contributed by atoms with Crippen molar-refractivity contribution in [2.24, 2.45) is 5.92 Å². The summed E-state index contributed by atoms with van der Waals surface area (Å²) in [5, 5.41) is 10.4. The zero-order valence-corrected chi connectivity index (χ0v) is 12.4. The average molecular weight is 260 g/mol. The molecule has 1 aromatic rings. The summed E-state index contributed by atoms with van der Waals surface area (Å²) in [4.78, 5) is 0. The lowest BCUT2D eigenvalue weighted by Gasteiger charge is -2.19. The molecule has 1 aromatic carbocycles. The van der Waals surface area contributed by atoms with E-state index in [9.17, 15) is 5.11 Å². The van der Waals surface area contributed by atoms with E-state index in [1.807, 2.05) is 0 Å². The van der Waals surface area contributed by atoms with Crippen LogP contribution in [-0.2, 0) is 0 Å². The van der Waals surface area contributed by atoms with Crippen molar-refractivity contribution >= 4 is 0 Å². The predicted molar refractivity (Wildman–Crippen MR) is 81.3 cm³/mol. The number of aliphatic hydroxyl groups is 1. The normalized spacial score (nSPS) is 19.4. The molecule has 0 saturated heterocycles. The van der Waals surface area contributed by atoms with Gasteiger partial charge in [-0.2, -0.15) is 0 Å². The molecule has 1 aliphatic carbocycles. The Kier molecular flexibility index (Phi) is 5.45. The van der Waals surface area contributed by atoms with Gasteiger partial charge in [-0.15, -0.1) is 0 Å². The highest BCUT2D eigenvalue weighted by Crippen LogP contribution is 2.31. The third-order valence-corrected chi connectivity index (χ3v) is 4.52. The molecule has 0 aromatic heterocycles. The van der Waals surface area contributed by atoms with Crippen LogP contribution in [0, 0.1) is 5.92 Å². The van der Waals surface area contributed by atoms with Gasteiger partial charge in [0.2, 0.25) is 0 Å². The van der Waals surface area contributed by atoms with Crippen molar-refractivity contribution in [1.82, 2.24) is 0 Å². The second-order valence-electron chi connectivity index (χ2n) is 6.43. The fraction of sp³-hybridized carbons (Fsp3) is 0.667. The molecule has 106 valence electrons. The number of aliphatic hydroxyl groups excluding tert-OH is 1. The first kappa shape index (κ1) is 14.6. The highest BCUT2D eigenvalue weighted by molar-refractivity contribution is 5.26. The van der Waals surface area contributed by atoms with Crippen LogP contribution in [0.5, 0.6) is 0 Å². The summed E-state index contributed by atoms with van der Waals surface area (Å²) in [7, 11) is 0. The molecule has 2 rings (SSSR count). The van der Waals surface area contributed by atoms with Gasteiger partial charge < -0.3 is 5.11 Å². The second kappa shape index (κ2) is 7.09. The first-order chi connectivity index (χ1) is 9.16. The molecule has 1 saturated carbocycles. The van der Waals surface area contributed by atoms with Crippen molar-refractivity contribution in [3.8, 4) is 0 Å². The van der Waals surface area contributed by atoms with Crippen LogP contribution in [0.4, 0.5) is 0 Å². The Labute approximate surface area is 118 Å². The highest BCUT2D eigenvalue weighted by Gasteiger charge is 2.17. The summed E-state index contributed by atoms with van der Waals surface area (Å²) in [6.07, 6.45) is 8.76. The highest BCUT2D eigenvalue weighted by atomic mass is 16.3. The van der Waals surface area contributed by atoms with Gasteiger partial charge in [0.1, 0.15) is 0 Å². The van der Waals surface area contributed by atoms with Crippen LogP contribution in [0.3, 0.4) is 0 Å². The molecule has 19 heavy (non-hydrogen) atoms. The summed E-state index contributed by atoms with van der Waals surface area (Å²) in [5.41, 5.74) is 2.44. The van der Waals surface area contributed by atoms with E-state index in [0.717, 1.165) is 17.9 Å². The van der Waals surface area contributed by atoms with Gasteiger partial charge in [-0.3, -0.25) is 0 Å². The average Bonchev–Trinajstić information content (AvgIpc) is 2.67. The Bertz CT molecular complexity index is 358. The SMILES string of the molecule is CC(C)c1ccc(C(O)CC2CCCCCC2)cc1. The molecular formula is C18H28O. The minimum atomic E-state index is -0.274. The summed E-state index contributed by atoms with van der Waals surface area (Å²) >= 11 is 0. The molecule has 0 radical (unpaired) electrons. The minimum absolute atomic E-state index is 0.274. The Morgan fingerprint density at radius 2 is 1.47 bits per heavy atom. The van der Waals surface area contributed by atoms with E-state index in [2.05, 4.69) is 38.1 Å². The van der Waals surface area contributed by atoms with Crippen molar-refractivity contribution in [2.45, 2.75) is 70.8 Å². The zero-order chi connectivity index (χ0) is 13.7. The number of hydrogen-bond donors (Lipinski definition) is 1. The summed E-state index contributed by atoms with van der Waals surface area (Å²) in [6, 6.07) is 8.54. The van der Waals surface area contributed by atoms with Gasteiger partial charge in [0.15, 0.2) is 0 Å². The van der Waals surface area contributed by atoms with Crippen molar-refractivity contribution in [3.05, 3.63) is 35.4 Å². The Balaban J connectivity index is 1.92. The van der Waals surface area contributed by atoms with Gasteiger partial charge in [-0.1, -0.05) is 76.6 Å². The molecule has 0 spiro atoms. The molecule has 1 N–H and O–H groups in total. The van der Waals surface area contributed by atoms with Crippen molar-refractivity contribution in [3.63, 3.8) is 0 Å². The third kappa shape index (κ3) is 4.35. The van der Waals surface area contributed by atoms with E-state index in [4.69, 9.17) is 0 Å². The minimum Gasteiger partial charge on any atom is -0.388 e. The standard InChI is InChI=1S/C18H28O/c1-14(2)16-9-11-17(12-10-16)18(19)13-15-7-5-3-4-6-8-15/h9-12,14-15,18-19H,3-8,13H2,1-2H3. The maximum atomic E-state index is 10.4. The van der Waals surface area contributed by atoms with Crippen LogP contribution in [0.1, 0.15) is 81.9 Å². The molecule has 0 amide bonds. The number of hydrogen-bond acceptors (Lipinski definition) is 1. The third-order valence-electron chi connectivity index (χ3n) is 4.52. The molecule has 0 bridgehead atoms. The van der Waals surface area contributed by atoms with Crippen LogP contribution in [0.2, 0.25) is 0 Å². The maximum Gasteiger partial charge on any atom is 0.0792 e. The Morgan fingerprint density at radius 3 is 2.00 bits per heavy atom. The van der Waals surface area contributed by atoms with E-state index in [0.29, 0.717) is 5.92 Å². The molecule has 1 heteroatoms. The lowest BCUT2D eigenvalue weighted by atomic mass is 9.90. The smallest absolute Gasteiger partial charge is 0.0792 e. The molecule has 0 heterocycles. The van der Waals surface area contributed by atoms with Crippen molar-refractivity contribution in [1.29, 1.82) is 0 Å². The Morgan fingerprint density at radius 1 is 0.947 bits per heavy atom. The van der Waals surface area contributed by atoms with Crippen LogP contribution in [0.15, 0.2) is 24.3 Å². The fourth-order valence-electron chi connectivity index (χ4n) is 3.15. The van der Waals surface area contributed by atoms with Gasteiger partial charge in [0.05, 0.1) is 6.10 Å². The summed E-state index contributed by atoms with van der Waals surface area (Å²) < 4.78 is 0. The summed E-state index contributed by atoms with van der Waals surface area (Å²) in [6.45, 7) is 4.41. The summed E-state index contributed by atoms with van der Waals surface area (Å²) in [5.74, 6) is 1.29.